The zero-order chi connectivity index (χ0) is 16.1. The first-order chi connectivity index (χ1) is 10.5. The molecular formula is C17H24N3O2. The first-order valence-corrected chi connectivity index (χ1v) is 7.75. The maximum atomic E-state index is 12.6. The number of aryl methyl sites for hydroxylation is 1. The highest BCUT2D eigenvalue weighted by Gasteiger charge is 2.28. The van der Waals surface area contributed by atoms with Gasteiger partial charge in [-0.2, -0.15) is 0 Å². The van der Waals surface area contributed by atoms with Gasteiger partial charge in [0.15, 0.2) is 0 Å². The van der Waals surface area contributed by atoms with E-state index in [0.29, 0.717) is 50.1 Å². The Balaban J connectivity index is 1.93. The largest absolute Gasteiger partial charge is 0.399 e. The van der Waals surface area contributed by atoms with Crippen molar-refractivity contribution in [3.05, 3.63) is 36.2 Å². The summed E-state index contributed by atoms with van der Waals surface area (Å²) in [5.74, 6) is 0.108. The minimum absolute atomic E-state index is 0.00288. The molecule has 1 aromatic rings. The third-order valence-corrected chi connectivity index (χ3v) is 4.11. The van der Waals surface area contributed by atoms with E-state index in [4.69, 9.17) is 5.73 Å². The normalized spacial score (nSPS) is 15.6. The molecule has 0 saturated carbocycles. The summed E-state index contributed by atoms with van der Waals surface area (Å²) in [6.07, 6.45) is 2.12. The van der Waals surface area contributed by atoms with Gasteiger partial charge in [-0.1, -0.05) is 6.92 Å². The fraction of sp³-hybridized carbons (Fsp3) is 0.471. The second-order valence-electron chi connectivity index (χ2n) is 5.79. The van der Waals surface area contributed by atoms with Crippen LogP contribution in [0, 0.1) is 19.8 Å². The number of benzene rings is 1. The van der Waals surface area contributed by atoms with Crippen LogP contribution in [0.4, 0.5) is 5.69 Å². The summed E-state index contributed by atoms with van der Waals surface area (Å²) >= 11 is 0. The van der Waals surface area contributed by atoms with E-state index in [-0.39, 0.29) is 17.7 Å². The summed E-state index contributed by atoms with van der Waals surface area (Å²) < 4.78 is 0. The van der Waals surface area contributed by atoms with Gasteiger partial charge in [0.1, 0.15) is 0 Å². The van der Waals surface area contributed by atoms with Crippen molar-refractivity contribution >= 4 is 17.5 Å². The van der Waals surface area contributed by atoms with Crippen molar-refractivity contribution in [3.63, 3.8) is 0 Å². The van der Waals surface area contributed by atoms with Crippen molar-refractivity contribution in [1.82, 2.24) is 10.2 Å². The first-order valence-electron chi connectivity index (χ1n) is 7.75. The monoisotopic (exact) mass is 302 g/mol. The van der Waals surface area contributed by atoms with Crippen molar-refractivity contribution < 1.29 is 9.59 Å². The number of nitrogens with zero attached hydrogens (tertiary/aromatic N) is 1. The second kappa shape index (κ2) is 7.29. The molecule has 1 aliphatic rings. The average Bonchev–Trinajstić information content (AvgIpc) is 2.52. The molecule has 0 spiro atoms. The van der Waals surface area contributed by atoms with Crippen LogP contribution in [0.5, 0.6) is 0 Å². The van der Waals surface area contributed by atoms with Crippen LogP contribution < -0.4 is 11.1 Å². The minimum atomic E-state index is 0.00288. The van der Waals surface area contributed by atoms with Gasteiger partial charge in [-0.05, 0) is 49.9 Å². The Kier molecular flexibility index (Phi) is 5.41. The van der Waals surface area contributed by atoms with Gasteiger partial charge < -0.3 is 16.0 Å². The number of carbonyl (C=O) groups is 2. The number of nitrogens with one attached hydrogen (secondary N) is 1. The Morgan fingerprint density at radius 2 is 2.05 bits per heavy atom. The van der Waals surface area contributed by atoms with E-state index < -0.39 is 0 Å². The van der Waals surface area contributed by atoms with Gasteiger partial charge in [-0.25, -0.2) is 0 Å². The molecule has 1 fully saturated rings. The SMILES string of the molecule is [CH2]CCNC(=O)C1CCN(C(=O)c2ccc(N)cc2C)CC1. The Labute approximate surface area is 131 Å². The Bertz CT molecular complexity index is 549. The third kappa shape index (κ3) is 3.78. The van der Waals surface area contributed by atoms with Gasteiger partial charge >= 0.3 is 0 Å². The second-order valence-corrected chi connectivity index (χ2v) is 5.79. The zero-order valence-electron chi connectivity index (χ0n) is 13.1. The Morgan fingerprint density at radius 3 is 2.64 bits per heavy atom. The van der Waals surface area contributed by atoms with Crippen molar-refractivity contribution in [2.45, 2.75) is 26.2 Å². The number of nitrogens with two attached hydrogens (primary N) is 1. The highest BCUT2D eigenvalue weighted by Crippen LogP contribution is 2.21. The smallest absolute Gasteiger partial charge is 0.254 e. The molecule has 0 atom stereocenters. The van der Waals surface area contributed by atoms with Crippen LogP contribution in [0.15, 0.2) is 18.2 Å². The van der Waals surface area contributed by atoms with Crippen LogP contribution >= 0.6 is 0 Å². The standard InChI is InChI=1S/C17H24N3O2/c1-3-8-19-16(21)13-6-9-20(10-7-13)17(22)15-5-4-14(18)11-12(15)2/h4-5,11,13H,1,3,6-10,18H2,2H3,(H,19,21). The third-order valence-electron chi connectivity index (χ3n) is 4.11. The molecule has 1 aliphatic heterocycles. The number of anilines is 1. The lowest BCUT2D eigenvalue weighted by Crippen LogP contribution is -2.43. The molecule has 5 heteroatoms. The molecule has 1 radical (unpaired) electrons. The van der Waals surface area contributed by atoms with Gasteiger partial charge in [-0.3, -0.25) is 9.59 Å². The molecule has 0 unspecified atom stereocenters. The van der Waals surface area contributed by atoms with E-state index >= 15 is 0 Å². The number of nitrogen functional groups attached to an aromatic ring is 1. The molecule has 0 bridgehead atoms. The summed E-state index contributed by atoms with van der Waals surface area (Å²) in [7, 11) is 0. The maximum absolute atomic E-state index is 12.6. The lowest BCUT2D eigenvalue weighted by molar-refractivity contribution is -0.126. The molecule has 1 heterocycles. The number of amides is 2. The molecule has 3 N–H and O–H groups in total. The highest BCUT2D eigenvalue weighted by molar-refractivity contribution is 5.96. The predicted octanol–water partition coefficient (Wildman–Crippen LogP) is 1.77. The number of piperidine rings is 1. The van der Waals surface area contributed by atoms with Crippen molar-refractivity contribution in [1.29, 1.82) is 0 Å². The summed E-state index contributed by atoms with van der Waals surface area (Å²) in [5.41, 5.74) is 7.96. The molecular weight excluding hydrogens is 278 g/mol. The zero-order valence-corrected chi connectivity index (χ0v) is 13.1. The van der Waals surface area contributed by atoms with Crippen molar-refractivity contribution in [3.8, 4) is 0 Å². The number of rotatable bonds is 4. The number of carbonyl (C=O) groups excluding carboxylic acids is 2. The van der Waals surface area contributed by atoms with Crippen LogP contribution in [0.1, 0.15) is 35.2 Å². The fourth-order valence-corrected chi connectivity index (χ4v) is 2.80. The molecule has 1 saturated heterocycles. The fourth-order valence-electron chi connectivity index (χ4n) is 2.80. The lowest BCUT2D eigenvalue weighted by Gasteiger charge is -2.31. The molecule has 22 heavy (non-hydrogen) atoms. The lowest BCUT2D eigenvalue weighted by atomic mass is 9.95. The highest BCUT2D eigenvalue weighted by atomic mass is 16.2. The molecule has 0 aromatic heterocycles. The van der Waals surface area contributed by atoms with Crippen LogP contribution in [-0.2, 0) is 4.79 Å². The van der Waals surface area contributed by atoms with Crippen LogP contribution in [0.25, 0.3) is 0 Å². The number of hydrogen-bond acceptors (Lipinski definition) is 3. The molecule has 0 aliphatic carbocycles. The summed E-state index contributed by atoms with van der Waals surface area (Å²) in [6.45, 7) is 7.45. The van der Waals surface area contributed by atoms with Gasteiger partial charge in [-0.15, -0.1) is 0 Å². The first kappa shape index (κ1) is 16.3. The molecule has 1 aromatic carbocycles. The minimum Gasteiger partial charge on any atom is -0.399 e. The Hall–Kier alpha value is -2.04. The number of hydrogen-bond donors (Lipinski definition) is 2. The quantitative estimate of drug-likeness (QED) is 0.832. The van der Waals surface area contributed by atoms with Crippen LogP contribution in [0.3, 0.4) is 0 Å². The summed E-state index contributed by atoms with van der Waals surface area (Å²) in [6, 6.07) is 5.34. The maximum Gasteiger partial charge on any atom is 0.254 e. The molecule has 2 rings (SSSR count). The van der Waals surface area contributed by atoms with E-state index in [1.165, 1.54) is 0 Å². The van der Waals surface area contributed by atoms with Gasteiger partial charge in [0.2, 0.25) is 5.91 Å². The van der Waals surface area contributed by atoms with Crippen molar-refractivity contribution in [2.24, 2.45) is 5.92 Å². The van der Waals surface area contributed by atoms with E-state index in [1.54, 1.807) is 12.1 Å². The van der Waals surface area contributed by atoms with E-state index in [9.17, 15) is 9.59 Å². The van der Waals surface area contributed by atoms with Gasteiger partial charge in [0.05, 0.1) is 0 Å². The van der Waals surface area contributed by atoms with Crippen LogP contribution in [0.2, 0.25) is 0 Å². The Morgan fingerprint density at radius 1 is 1.36 bits per heavy atom. The summed E-state index contributed by atoms with van der Waals surface area (Å²) in [4.78, 5) is 26.3. The van der Waals surface area contributed by atoms with Crippen molar-refractivity contribution in [2.75, 3.05) is 25.4 Å². The molecule has 119 valence electrons. The van der Waals surface area contributed by atoms with E-state index in [1.807, 2.05) is 17.9 Å². The number of likely N-dealkylation sites (tertiary alicyclic amines) is 1. The van der Waals surface area contributed by atoms with E-state index in [0.717, 1.165) is 5.56 Å². The van der Waals surface area contributed by atoms with Crippen LogP contribution in [-0.4, -0.2) is 36.3 Å². The predicted molar refractivity (Wildman–Crippen MR) is 87.2 cm³/mol. The van der Waals surface area contributed by atoms with E-state index in [2.05, 4.69) is 12.2 Å². The molecule has 5 nitrogen and oxygen atoms in total. The molecule has 2 amide bonds. The summed E-state index contributed by atoms with van der Waals surface area (Å²) in [5, 5.41) is 2.87. The topological polar surface area (TPSA) is 75.4 Å². The average molecular weight is 302 g/mol. The van der Waals surface area contributed by atoms with Gasteiger partial charge in [0.25, 0.3) is 5.91 Å². The van der Waals surface area contributed by atoms with Gasteiger partial charge in [0, 0.05) is 36.8 Å².